The maximum absolute atomic E-state index is 11.9. The fourth-order valence-corrected chi connectivity index (χ4v) is 3.09. The molecule has 3 unspecified atom stereocenters. The van der Waals surface area contributed by atoms with Crippen LogP contribution in [0.1, 0.15) is 45.1 Å². The van der Waals surface area contributed by atoms with Crippen LogP contribution in [0.5, 0.6) is 0 Å². The Morgan fingerprint density at radius 3 is 2.68 bits per heavy atom. The minimum Gasteiger partial charge on any atom is -0.326 e. The predicted molar refractivity (Wildman–Crippen MR) is 88.4 cm³/mol. The first kappa shape index (κ1) is 16.5. The maximum Gasteiger partial charge on any atom is 0.225 e. The number of carbonyl (C=O) groups is 1. The molecular formula is C18H25N3O. The Kier molecular flexibility index (Phi) is 5.97. The summed E-state index contributed by atoms with van der Waals surface area (Å²) in [7, 11) is 0. The molecule has 0 radical (unpaired) electrons. The minimum atomic E-state index is 0.00807. The molecule has 1 amide bonds. The number of amides is 1. The lowest BCUT2D eigenvalue weighted by Crippen LogP contribution is -2.41. The standard InChI is InChI=1S/C18H25N3O/c1-13-4-3-5-17(14(13)2)20-11-10-18(22)21-16-8-6-15(12-19)7-9-16/h6-9,13-14,17,20H,3-5,10-11H2,1-2H3,(H,21,22). The zero-order valence-corrected chi connectivity index (χ0v) is 13.4. The number of nitriles is 1. The Labute approximate surface area is 132 Å². The van der Waals surface area contributed by atoms with Crippen LogP contribution in [0.15, 0.2) is 24.3 Å². The molecule has 0 saturated heterocycles. The van der Waals surface area contributed by atoms with Gasteiger partial charge in [-0.3, -0.25) is 4.79 Å². The molecule has 2 N–H and O–H groups in total. The molecule has 0 bridgehead atoms. The van der Waals surface area contributed by atoms with Gasteiger partial charge in [-0.1, -0.05) is 26.7 Å². The van der Waals surface area contributed by atoms with Gasteiger partial charge in [0.2, 0.25) is 5.91 Å². The summed E-state index contributed by atoms with van der Waals surface area (Å²) in [6, 6.07) is 9.53. The molecule has 1 saturated carbocycles. The van der Waals surface area contributed by atoms with Crippen LogP contribution in [-0.2, 0) is 4.79 Å². The molecule has 0 aromatic heterocycles. The fraction of sp³-hybridized carbons (Fsp3) is 0.556. The lowest BCUT2D eigenvalue weighted by atomic mass is 9.78. The SMILES string of the molecule is CC1CCCC(NCCC(=O)Nc2ccc(C#N)cc2)C1C. The highest BCUT2D eigenvalue weighted by Gasteiger charge is 2.26. The molecule has 1 fully saturated rings. The Balaban J connectivity index is 1.72. The van der Waals surface area contributed by atoms with E-state index in [0.29, 0.717) is 30.5 Å². The van der Waals surface area contributed by atoms with Crippen molar-refractivity contribution in [2.24, 2.45) is 11.8 Å². The minimum absolute atomic E-state index is 0.00807. The van der Waals surface area contributed by atoms with Crippen LogP contribution in [-0.4, -0.2) is 18.5 Å². The van der Waals surface area contributed by atoms with Gasteiger partial charge in [-0.2, -0.15) is 5.26 Å². The van der Waals surface area contributed by atoms with Crippen LogP contribution in [0.2, 0.25) is 0 Å². The van der Waals surface area contributed by atoms with Crippen LogP contribution in [0, 0.1) is 23.2 Å². The van der Waals surface area contributed by atoms with Gasteiger partial charge in [0, 0.05) is 24.7 Å². The van der Waals surface area contributed by atoms with Crippen molar-refractivity contribution in [1.82, 2.24) is 5.32 Å². The highest BCUT2D eigenvalue weighted by atomic mass is 16.1. The average molecular weight is 299 g/mol. The van der Waals surface area contributed by atoms with E-state index in [2.05, 4.69) is 30.6 Å². The fourth-order valence-electron chi connectivity index (χ4n) is 3.09. The number of nitrogens with zero attached hydrogens (tertiary/aromatic N) is 1. The summed E-state index contributed by atoms with van der Waals surface area (Å²) in [5.41, 5.74) is 1.34. The van der Waals surface area contributed by atoms with Crippen LogP contribution in [0.4, 0.5) is 5.69 Å². The summed E-state index contributed by atoms with van der Waals surface area (Å²) in [5.74, 6) is 1.45. The van der Waals surface area contributed by atoms with E-state index in [0.717, 1.165) is 11.6 Å². The van der Waals surface area contributed by atoms with Gasteiger partial charge in [-0.25, -0.2) is 0 Å². The maximum atomic E-state index is 11.9. The third-order valence-electron chi connectivity index (χ3n) is 4.76. The summed E-state index contributed by atoms with van der Waals surface area (Å²) in [5, 5.41) is 15.1. The molecule has 2 rings (SSSR count). The van der Waals surface area contributed by atoms with Crippen molar-refractivity contribution in [1.29, 1.82) is 5.26 Å². The highest BCUT2D eigenvalue weighted by Crippen LogP contribution is 2.29. The summed E-state index contributed by atoms with van der Waals surface area (Å²) < 4.78 is 0. The van der Waals surface area contributed by atoms with Gasteiger partial charge in [-0.15, -0.1) is 0 Å². The van der Waals surface area contributed by atoms with Crippen LogP contribution < -0.4 is 10.6 Å². The lowest BCUT2D eigenvalue weighted by molar-refractivity contribution is -0.116. The molecule has 22 heavy (non-hydrogen) atoms. The summed E-state index contributed by atoms with van der Waals surface area (Å²) in [6.45, 7) is 5.33. The number of nitrogens with one attached hydrogen (secondary N) is 2. The molecule has 0 aliphatic heterocycles. The average Bonchev–Trinajstić information content (AvgIpc) is 2.52. The van der Waals surface area contributed by atoms with E-state index in [-0.39, 0.29) is 5.91 Å². The van der Waals surface area contributed by atoms with Gasteiger partial charge >= 0.3 is 0 Å². The Hall–Kier alpha value is -1.86. The third kappa shape index (κ3) is 4.57. The van der Waals surface area contributed by atoms with Crippen molar-refractivity contribution < 1.29 is 4.79 Å². The van der Waals surface area contributed by atoms with Gasteiger partial charge in [-0.05, 0) is 42.5 Å². The normalized spacial score (nSPS) is 24.5. The number of carbonyl (C=O) groups excluding carboxylic acids is 1. The Bertz CT molecular complexity index is 532. The summed E-state index contributed by atoms with van der Waals surface area (Å²) in [6.07, 6.45) is 4.28. The van der Waals surface area contributed by atoms with Crippen molar-refractivity contribution in [3.63, 3.8) is 0 Å². The molecule has 0 spiro atoms. The largest absolute Gasteiger partial charge is 0.326 e. The first-order valence-corrected chi connectivity index (χ1v) is 8.13. The van der Waals surface area contributed by atoms with Crippen molar-refractivity contribution in [2.75, 3.05) is 11.9 Å². The highest BCUT2D eigenvalue weighted by molar-refractivity contribution is 5.90. The molecule has 1 aliphatic carbocycles. The van der Waals surface area contributed by atoms with E-state index < -0.39 is 0 Å². The monoisotopic (exact) mass is 299 g/mol. The summed E-state index contributed by atoms with van der Waals surface area (Å²) in [4.78, 5) is 11.9. The molecular weight excluding hydrogens is 274 g/mol. The second-order valence-corrected chi connectivity index (χ2v) is 6.32. The molecule has 0 heterocycles. The quantitative estimate of drug-likeness (QED) is 0.876. The summed E-state index contributed by atoms with van der Waals surface area (Å²) >= 11 is 0. The van der Waals surface area contributed by atoms with E-state index in [4.69, 9.17) is 5.26 Å². The third-order valence-corrected chi connectivity index (χ3v) is 4.76. The Morgan fingerprint density at radius 1 is 1.27 bits per heavy atom. The number of rotatable bonds is 5. The zero-order valence-electron chi connectivity index (χ0n) is 13.4. The first-order valence-electron chi connectivity index (χ1n) is 8.13. The van der Waals surface area contributed by atoms with Crippen LogP contribution in [0.25, 0.3) is 0 Å². The second-order valence-electron chi connectivity index (χ2n) is 6.32. The first-order chi connectivity index (χ1) is 10.6. The smallest absolute Gasteiger partial charge is 0.225 e. The molecule has 1 aromatic carbocycles. The van der Waals surface area contributed by atoms with Gasteiger partial charge in [0.05, 0.1) is 11.6 Å². The second kappa shape index (κ2) is 7.95. The lowest BCUT2D eigenvalue weighted by Gasteiger charge is -2.34. The van der Waals surface area contributed by atoms with Crippen molar-refractivity contribution in [2.45, 2.75) is 45.6 Å². The van der Waals surface area contributed by atoms with Gasteiger partial charge in [0.1, 0.15) is 0 Å². The molecule has 118 valence electrons. The number of hydrogen-bond acceptors (Lipinski definition) is 3. The van der Waals surface area contributed by atoms with Crippen LogP contribution >= 0.6 is 0 Å². The molecule has 4 nitrogen and oxygen atoms in total. The van der Waals surface area contributed by atoms with E-state index in [1.165, 1.54) is 19.3 Å². The number of benzene rings is 1. The van der Waals surface area contributed by atoms with Crippen molar-refractivity contribution in [3.8, 4) is 6.07 Å². The van der Waals surface area contributed by atoms with Gasteiger partial charge in [0.25, 0.3) is 0 Å². The van der Waals surface area contributed by atoms with E-state index >= 15 is 0 Å². The number of hydrogen-bond donors (Lipinski definition) is 2. The van der Waals surface area contributed by atoms with Gasteiger partial charge < -0.3 is 10.6 Å². The molecule has 4 heteroatoms. The van der Waals surface area contributed by atoms with Gasteiger partial charge in [0.15, 0.2) is 0 Å². The van der Waals surface area contributed by atoms with E-state index in [9.17, 15) is 4.79 Å². The van der Waals surface area contributed by atoms with Crippen LogP contribution in [0.3, 0.4) is 0 Å². The Morgan fingerprint density at radius 2 is 2.00 bits per heavy atom. The molecule has 3 atom stereocenters. The topological polar surface area (TPSA) is 64.9 Å². The van der Waals surface area contributed by atoms with Crippen molar-refractivity contribution in [3.05, 3.63) is 29.8 Å². The van der Waals surface area contributed by atoms with E-state index in [1.807, 2.05) is 0 Å². The number of anilines is 1. The van der Waals surface area contributed by atoms with Crippen molar-refractivity contribution >= 4 is 11.6 Å². The van der Waals surface area contributed by atoms with E-state index in [1.54, 1.807) is 24.3 Å². The zero-order chi connectivity index (χ0) is 15.9. The molecule has 1 aromatic rings. The molecule has 1 aliphatic rings. The predicted octanol–water partition coefficient (Wildman–Crippen LogP) is 3.30.